The lowest BCUT2D eigenvalue weighted by molar-refractivity contribution is -0.146. The highest BCUT2D eigenvalue weighted by Crippen LogP contribution is 2.50. The van der Waals surface area contributed by atoms with Crippen LogP contribution in [0.1, 0.15) is 52.0 Å². The van der Waals surface area contributed by atoms with Crippen molar-refractivity contribution in [2.45, 2.75) is 46.5 Å². The smallest absolute Gasteiger partial charge is 0.315 e. The van der Waals surface area contributed by atoms with Gasteiger partial charge in [0.15, 0.2) is 5.78 Å². The summed E-state index contributed by atoms with van der Waals surface area (Å²) in [5, 5.41) is 0. The number of hydrogen-bond acceptors (Lipinski definition) is 6. The largest absolute Gasteiger partial charge is 0.497 e. The van der Waals surface area contributed by atoms with Gasteiger partial charge in [0.25, 0.3) is 0 Å². The molecular formula is C23H29NO5. The van der Waals surface area contributed by atoms with E-state index < -0.39 is 11.8 Å². The molecule has 0 bridgehead atoms. The van der Waals surface area contributed by atoms with E-state index in [1.165, 1.54) is 0 Å². The van der Waals surface area contributed by atoms with Gasteiger partial charge in [0.1, 0.15) is 17.4 Å². The fraction of sp³-hybridized carbons (Fsp3) is 0.522. The van der Waals surface area contributed by atoms with Gasteiger partial charge in [0, 0.05) is 34.9 Å². The molecule has 1 unspecified atom stereocenters. The normalized spacial score (nSPS) is 23.2. The molecule has 1 aliphatic heterocycles. The van der Waals surface area contributed by atoms with E-state index in [-0.39, 0.29) is 23.8 Å². The molecule has 6 nitrogen and oxygen atoms in total. The summed E-state index contributed by atoms with van der Waals surface area (Å²) in [5.74, 6) is -0.321. The van der Waals surface area contributed by atoms with Crippen LogP contribution < -0.4 is 9.47 Å². The van der Waals surface area contributed by atoms with Crippen molar-refractivity contribution < 1.29 is 23.8 Å². The summed E-state index contributed by atoms with van der Waals surface area (Å²) >= 11 is 0. The van der Waals surface area contributed by atoms with Gasteiger partial charge in [-0.15, -0.1) is 0 Å². The first-order valence-electron chi connectivity index (χ1n) is 9.92. The Morgan fingerprint density at radius 2 is 1.93 bits per heavy atom. The van der Waals surface area contributed by atoms with E-state index in [9.17, 15) is 9.59 Å². The molecule has 6 heteroatoms. The summed E-state index contributed by atoms with van der Waals surface area (Å²) in [6.45, 7) is 8.00. The Morgan fingerprint density at radius 3 is 2.55 bits per heavy atom. The van der Waals surface area contributed by atoms with Crippen LogP contribution in [0.2, 0.25) is 0 Å². The number of aliphatic imine (C=N–C) groups is 1. The van der Waals surface area contributed by atoms with Crippen molar-refractivity contribution in [3.8, 4) is 11.5 Å². The van der Waals surface area contributed by atoms with E-state index in [0.717, 1.165) is 11.3 Å². The maximum absolute atomic E-state index is 13.3. The average Bonchev–Trinajstić information content (AvgIpc) is 2.65. The molecule has 0 fully saturated rings. The summed E-state index contributed by atoms with van der Waals surface area (Å²) in [7, 11) is 3.16. The lowest BCUT2D eigenvalue weighted by Crippen LogP contribution is -2.39. The van der Waals surface area contributed by atoms with E-state index in [2.05, 4.69) is 13.8 Å². The predicted molar refractivity (Wildman–Crippen MR) is 111 cm³/mol. The lowest BCUT2D eigenvalue weighted by Gasteiger charge is -2.39. The Morgan fingerprint density at radius 1 is 1.21 bits per heavy atom. The van der Waals surface area contributed by atoms with Gasteiger partial charge in [0.2, 0.25) is 0 Å². The first kappa shape index (κ1) is 21.1. The third kappa shape index (κ3) is 3.93. The maximum Gasteiger partial charge on any atom is 0.315 e. The van der Waals surface area contributed by atoms with Crippen molar-refractivity contribution in [1.29, 1.82) is 0 Å². The number of ketones is 1. The van der Waals surface area contributed by atoms with Gasteiger partial charge >= 0.3 is 5.97 Å². The van der Waals surface area contributed by atoms with Gasteiger partial charge in [0.05, 0.1) is 20.8 Å². The van der Waals surface area contributed by atoms with Crippen LogP contribution in [0, 0.1) is 11.3 Å². The molecule has 1 aliphatic carbocycles. The molecular weight excluding hydrogens is 370 g/mol. The summed E-state index contributed by atoms with van der Waals surface area (Å²) in [4.78, 5) is 30.9. The molecule has 3 rings (SSSR count). The number of carbonyl (C=O) groups is 2. The number of allylic oxidation sites excluding steroid dienone is 2. The first-order chi connectivity index (χ1) is 13.7. The number of Topliss-reactive ketones (excluding diaryl/α,β-unsaturated/α-hetero) is 1. The number of rotatable bonds is 5. The van der Waals surface area contributed by atoms with Gasteiger partial charge in [-0.05, 0) is 43.9 Å². The highest BCUT2D eigenvalue weighted by Gasteiger charge is 2.46. The average molecular weight is 399 g/mol. The number of benzene rings is 1. The molecule has 1 aromatic rings. The third-order valence-corrected chi connectivity index (χ3v) is 5.61. The lowest BCUT2D eigenvalue weighted by atomic mass is 9.66. The summed E-state index contributed by atoms with van der Waals surface area (Å²) < 4.78 is 16.4. The zero-order valence-electron chi connectivity index (χ0n) is 18.0. The molecule has 156 valence electrons. The summed E-state index contributed by atoms with van der Waals surface area (Å²) in [5.41, 5.74) is 2.58. The SMILES string of the molecule is CCOC(=O)C1C(C)=NC2=C(C(=O)CC(C)(C)C2)[C@H]1c1cc(OC)ccc1OC. The number of nitrogens with zero attached hydrogens (tertiary/aromatic N) is 1. The van der Waals surface area contributed by atoms with Gasteiger partial charge in [-0.2, -0.15) is 0 Å². The molecule has 0 amide bonds. The molecule has 1 aromatic carbocycles. The van der Waals surface area contributed by atoms with Crippen LogP contribution in [0.3, 0.4) is 0 Å². The highest BCUT2D eigenvalue weighted by atomic mass is 16.5. The van der Waals surface area contributed by atoms with Crippen molar-refractivity contribution >= 4 is 17.5 Å². The van der Waals surface area contributed by atoms with Gasteiger partial charge in [-0.3, -0.25) is 14.6 Å². The van der Waals surface area contributed by atoms with Crippen LogP contribution in [0.15, 0.2) is 34.5 Å². The van der Waals surface area contributed by atoms with Crippen molar-refractivity contribution in [1.82, 2.24) is 0 Å². The van der Waals surface area contributed by atoms with Crippen LogP contribution in [0.25, 0.3) is 0 Å². The van der Waals surface area contributed by atoms with Crippen molar-refractivity contribution in [2.24, 2.45) is 16.3 Å². The second kappa shape index (κ2) is 8.01. The summed E-state index contributed by atoms with van der Waals surface area (Å²) in [6, 6.07) is 5.44. The van der Waals surface area contributed by atoms with E-state index in [1.54, 1.807) is 33.3 Å². The second-order valence-electron chi connectivity index (χ2n) is 8.37. The topological polar surface area (TPSA) is 74.2 Å². The van der Waals surface area contributed by atoms with Gasteiger partial charge in [-0.25, -0.2) is 0 Å². The van der Waals surface area contributed by atoms with Crippen LogP contribution in [0.4, 0.5) is 0 Å². The fourth-order valence-electron chi connectivity index (χ4n) is 4.40. The molecule has 2 aliphatic rings. The number of esters is 1. The molecule has 1 heterocycles. The van der Waals surface area contributed by atoms with Crippen LogP contribution in [0.5, 0.6) is 11.5 Å². The Bertz CT molecular complexity index is 897. The molecule has 2 atom stereocenters. The van der Waals surface area contributed by atoms with Crippen LogP contribution in [-0.4, -0.2) is 38.3 Å². The molecule has 0 N–H and O–H groups in total. The zero-order valence-corrected chi connectivity index (χ0v) is 18.0. The third-order valence-electron chi connectivity index (χ3n) is 5.61. The second-order valence-corrected chi connectivity index (χ2v) is 8.37. The number of hydrogen-bond donors (Lipinski definition) is 0. The molecule has 0 radical (unpaired) electrons. The van der Waals surface area contributed by atoms with Crippen molar-refractivity contribution in [2.75, 3.05) is 20.8 Å². The highest BCUT2D eigenvalue weighted by molar-refractivity contribution is 6.09. The molecule has 0 spiro atoms. The Labute approximate surface area is 171 Å². The Kier molecular flexibility index (Phi) is 5.82. The first-order valence-corrected chi connectivity index (χ1v) is 9.92. The minimum Gasteiger partial charge on any atom is -0.497 e. The zero-order chi connectivity index (χ0) is 21.3. The standard InChI is InChI=1S/C23H29NO5/c1-7-29-22(26)19-13(2)24-16-11-23(3,4)12-17(25)21(16)20(19)15-10-14(27-5)8-9-18(15)28-6/h8-10,19-20H,7,11-12H2,1-6H3/t19?,20-/m0/s1. The molecule has 29 heavy (non-hydrogen) atoms. The van der Waals surface area contributed by atoms with E-state index in [1.807, 2.05) is 13.0 Å². The molecule has 0 saturated heterocycles. The number of methoxy groups -OCH3 is 2. The van der Waals surface area contributed by atoms with Crippen molar-refractivity contribution in [3.05, 3.63) is 35.0 Å². The van der Waals surface area contributed by atoms with Gasteiger partial charge in [-0.1, -0.05) is 13.8 Å². The number of ether oxygens (including phenoxy) is 3. The molecule has 0 saturated carbocycles. The van der Waals surface area contributed by atoms with E-state index in [0.29, 0.717) is 35.6 Å². The Balaban J connectivity index is 2.25. The number of carbonyl (C=O) groups excluding carboxylic acids is 2. The predicted octanol–water partition coefficient (Wildman–Crippen LogP) is 4.08. The maximum atomic E-state index is 13.3. The fourth-order valence-corrected chi connectivity index (χ4v) is 4.40. The van der Waals surface area contributed by atoms with E-state index in [4.69, 9.17) is 19.2 Å². The van der Waals surface area contributed by atoms with Gasteiger partial charge < -0.3 is 14.2 Å². The Hall–Kier alpha value is -2.63. The summed E-state index contributed by atoms with van der Waals surface area (Å²) in [6.07, 6.45) is 1.10. The minimum absolute atomic E-state index is 0.0247. The quantitative estimate of drug-likeness (QED) is 0.698. The molecule has 0 aromatic heterocycles. The van der Waals surface area contributed by atoms with Crippen molar-refractivity contribution in [3.63, 3.8) is 0 Å². The monoisotopic (exact) mass is 399 g/mol. The van der Waals surface area contributed by atoms with E-state index >= 15 is 0 Å². The van der Waals surface area contributed by atoms with Crippen LogP contribution in [-0.2, 0) is 14.3 Å². The van der Waals surface area contributed by atoms with Crippen LogP contribution >= 0.6 is 0 Å². The minimum atomic E-state index is -0.681.